The molecule has 19 heavy (non-hydrogen) atoms. The van der Waals surface area contributed by atoms with Gasteiger partial charge in [-0.05, 0) is 20.3 Å². The van der Waals surface area contributed by atoms with E-state index in [4.69, 9.17) is 9.26 Å². The lowest BCUT2D eigenvalue weighted by atomic mass is 10.4. The van der Waals surface area contributed by atoms with Crippen LogP contribution in [0.25, 0.3) is 0 Å². The minimum absolute atomic E-state index is 0. The molecule has 1 aromatic heterocycles. The summed E-state index contributed by atoms with van der Waals surface area (Å²) in [6.45, 7) is 6.52. The Bertz CT molecular complexity index is 370. The highest BCUT2D eigenvalue weighted by Gasteiger charge is 2.02. The van der Waals surface area contributed by atoms with E-state index >= 15 is 0 Å². The molecule has 0 atom stereocenters. The van der Waals surface area contributed by atoms with Crippen molar-refractivity contribution in [3.63, 3.8) is 0 Å². The van der Waals surface area contributed by atoms with Gasteiger partial charge in [-0.25, -0.2) is 4.99 Å². The van der Waals surface area contributed by atoms with Crippen LogP contribution in [0.15, 0.2) is 9.52 Å². The number of ether oxygens (including phenoxy) is 1. The number of hydrogen-bond donors (Lipinski definition) is 2. The summed E-state index contributed by atoms with van der Waals surface area (Å²) < 4.78 is 9.97. The highest BCUT2D eigenvalue weighted by molar-refractivity contribution is 14.0. The van der Waals surface area contributed by atoms with Gasteiger partial charge in [0, 0.05) is 26.8 Å². The molecule has 0 aliphatic heterocycles. The van der Waals surface area contributed by atoms with E-state index in [0.717, 1.165) is 32.1 Å². The molecule has 0 unspecified atom stereocenters. The SMILES string of the molecule is CCNC(=NCc1nc(C)no1)NCCCOC.I. The average Bonchev–Trinajstić information content (AvgIpc) is 2.77. The lowest BCUT2D eigenvalue weighted by molar-refractivity contribution is 0.195. The predicted octanol–water partition coefficient (Wildman–Crippen LogP) is 1.09. The number of aliphatic imine (C=N–C) groups is 1. The van der Waals surface area contributed by atoms with E-state index in [1.165, 1.54) is 0 Å². The molecule has 2 N–H and O–H groups in total. The number of hydrogen-bond acceptors (Lipinski definition) is 5. The van der Waals surface area contributed by atoms with Gasteiger partial charge in [0.2, 0.25) is 5.89 Å². The van der Waals surface area contributed by atoms with Gasteiger partial charge in [-0.15, -0.1) is 24.0 Å². The zero-order valence-corrected chi connectivity index (χ0v) is 13.9. The van der Waals surface area contributed by atoms with Crippen LogP contribution in [0.1, 0.15) is 25.1 Å². The van der Waals surface area contributed by atoms with E-state index in [0.29, 0.717) is 18.3 Å². The van der Waals surface area contributed by atoms with Crippen molar-refractivity contribution < 1.29 is 9.26 Å². The Morgan fingerprint density at radius 2 is 2.21 bits per heavy atom. The Morgan fingerprint density at radius 3 is 2.79 bits per heavy atom. The molecule has 0 amide bonds. The molecule has 0 spiro atoms. The molecular weight excluding hydrogens is 361 g/mol. The van der Waals surface area contributed by atoms with Crippen LogP contribution in [0.3, 0.4) is 0 Å². The molecule has 0 aromatic carbocycles. The summed E-state index contributed by atoms with van der Waals surface area (Å²) in [5.74, 6) is 1.88. The molecule has 110 valence electrons. The van der Waals surface area contributed by atoms with E-state index < -0.39 is 0 Å². The molecule has 1 aromatic rings. The summed E-state index contributed by atoms with van der Waals surface area (Å²) >= 11 is 0. The first-order valence-corrected chi connectivity index (χ1v) is 6.06. The average molecular weight is 383 g/mol. The van der Waals surface area contributed by atoms with Crippen molar-refractivity contribution in [3.05, 3.63) is 11.7 Å². The van der Waals surface area contributed by atoms with E-state index in [9.17, 15) is 0 Å². The number of aromatic nitrogens is 2. The normalized spacial score (nSPS) is 11.0. The number of methoxy groups -OCH3 is 1. The van der Waals surface area contributed by atoms with Crippen molar-refractivity contribution in [1.29, 1.82) is 0 Å². The monoisotopic (exact) mass is 383 g/mol. The number of rotatable bonds is 7. The number of halogens is 1. The van der Waals surface area contributed by atoms with Gasteiger partial charge in [0.05, 0.1) is 0 Å². The standard InChI is InChI=1S/C11H21N5O2.HI/c1-4-12-11(13-6-5-7-17-3)14-8-10-15-9(2)16-18-10;/h4-8H2,1-3H3,(H2,12,13,14);1H. The van der Waals surface area contributed by atoms with Crippen LogP contribution in [0.5, 0.6) is 0 Å². The number of aryl methyl sites for hydroxylation is 1. The van der Waals surface area contributed by atoms with E-state index in [-0.39, 0.29) is 24.0 Å². The van der Waals surface area contributed by atoms with Gasteiger partial charge in [0.1, 0.15) is 6.54 Å². The summed E-state index contributed by atoms with van der Waals surface area (Å²) in [5.41, 5.74) is 0. The van der Waals surface area contributed by atoms with Gasteiger partial charge < -0.3 is 19.9 Å². The zero-order valence-electron chi connectivity index (χ0n) is 11.6. The smallest absolute Gasteiger partial charge is 0.248 e. The Hall–Kier alpha value is -0.900. The van der Waals surface area contributed by atoms with Gasteiger partial charge in [0.25, 0.3) is 0 Å². The van der Waals surface area contributed by atoms with Crippen LogP contribution in [-0.2, 0) is 11.3 Å². The molecule has 8 heteroatoms. The van der Waals surface area contributed by atoms with Gasteiger partial charge in [-0.1, -0.05) is 5.16 Å². The predicted molar refractivity (Wildman–Crippen MR) is 83.8 cm³/mol. The number of guanidine groups is 1. The Kier molecular flexibility index (Phi) is 10.5. The zero-order chi connectivity index (χ0) is 13.2. The number of nitrogens with zero attached hydrogens (tertiary/aromatic N) is 3. The summed E-state index contributed by atoms with van der Waals surface area (Å²) in [7, 11) is 1.69. The van der Waals surface area contributed by atoms with E-state index in [2.05, 4.69) is 25.8 Å². The molecule has 0 saturated carbocycles. The molecule has 1 rings (SSSR count). The molecule has 1 heterocycles. The summed E-state index contributed by atoms with van der Waals surface area (Å²) in [5, 5.41) is 10.1. The molecule has 7 nitrogen and oxygen atoms in total. The quantitative estimate of drug-likeness (QED) is 0.317. The number of nitrogens with one attached hydrogen (secondary N) is 2. The van der Waals surface area contributed by atoms with Gasteiger partial charge in [-0.3, -0.25) is 0 Å². The van der Waals surface area contributed by atoms with Crippen LogP contribution >= 0.6 is 24.0 Å². The molecule has 0 aliphatic carbocycles. The Balaban J connectivity index is 0.00000324. The lowest BCUT2D eigenvalue weighted by Crippen LogP contribution is -2.38. The van der Waals surface area contributed by atoms with Crippen LogP contribution < -0.4 is 10.6 Å². The Morgan fingerprint density at radius 1 is 1.42 bits per heavy atom. The van der Waals surface area contributed by atoms with Crippen molar-refractivity contribution in [1.82, 2.24) is 20.8 Å². The van der Waals surface area contributed by atoms with E-state index in [1.54, 1.807) is 14.0 Å². The Labute approximate surface area is 130 Å². The summed E-state index contributed by atoms with van der Waals surface area (Å²) in [6, 6.07) is 0. The minimum atomic E-state index is 0. The van der Waals surface area contributed by atoms with Crippen LogP contribution in [0.2, 0.25) is 0 Å². The molecule has 0 aliphatic rings. The maximum absolute atomic E-state index is 4.99. The summed E-state index contributed by atoms with van der Waals surface area (Å²) in [4.78, 5) is 8.44. The first-order valence-electron chi connectivity index (χ1n) is 6.06. The van der Waals surface area contributed by atoms with Crippen molar-refractivity contribution in [2.24, 2.45) is 4.99 Å². The highest BCUT2D eigenvalue weighted by atomic mass is 127. The highest BCUT2D eigenvalue weighted by Crippen LogP contribution is 1.97. The van der Waals surface area contributed by atoms with Crippen molar-refractivity contribution in [2.45, 2.75) is 26.8 Å². The topological polar surface area (TPSA) is 84.6 Å². The fourth-order valence-electron chi connectivity index (χ4n) is 1.32. The largest absolute Gasteiger partial charge is 0.385 e. The first-order chi connectivity index (χ1) is 8.76. The van der Waals surface area contributed by atoms with Crippen LogP contribution in [0.4, 0.5) is 0 Å². The maximum atomic E-state index is 4.99. The third-order valence-corrected chi connectivity index (χ3v) is 2.10. The van der Waals surface area contributed by atoms with Gasteiger partial charge >= 0.3 is 0 Å². The molecule has 0 bridgehead atoms. The van der Waals surface area contributed by atoms with Gasteiger partial charge in [0.15, 0.2) is 11.8 Å². The third kappa shape index (κ3) is 7.98. The maximum Gasteiger partial charge on any atom is 0.248 e. The van der Waals surface area contributed by atoms with E-state index in [1.807, 2.05) is 6.92 Å². The van der Waals surface area contributed by atoms with Crippen molar-refractivity contribution in [2.75, 3.05) is 26.8 Å². The van der Waals surface area contributed by atoms with Crippen LogP contribution in [0, 0.1) is 6.92 Å². The fourth-order valence-corrected chi connectivity index (χ4v) is 1.32. The lowest BCUT2D eigenvalue weighted by Gasteiger charge is -2.10. The van der Waals surface area contributed by atoms with Crippen molar-refractivity contribution >= 4 is 29.9 Å². The van der Waals surface area contributed by atoms with Crippen LogP contribution in [-0.4, -0.2) is 42.9 Å². The molecule has 0 radical (unpaired) electrons. The second-order valence-electron chi connectivity index (χ2n) is 3.70. The van der Waals surface area contributed by atoms with Crippen molar-refractivity contribution in [3.8, 4) is 0 Å². The molecule has 0 saturated heterocycles. The molecule has 0 fully saturated rings. The minimum Gasteiger partial charge on any atom is -0.385 e. The summed E-state index contributed by atoms with van der Waals surface area (Å²) in [6.07, 6.45) is 0.931. The fraction of sp³-hybridized carbons (Fsp3) is 0.727. The molecular formula is C11H22IN5O2. The van der Waals surface area contributed by atoms with Gasteiger partial charge in [-0.2, -0.15) is 4.98 Å². The third-order valence-electron chi connectivity index (χ3n) is 2.10. The second kappa shape index (κ2) is 11.0. The second-order valence-corrected chi connectivity index (χ2v) is 3.70. The first kappa shape index (κ1) is 18.1.